The lowest BCUT2D eigenvalue weighted by molar-refractivity contribution is -0.0749. The number of aromatic amines is 1. The standard InChI is InChI=1S/C44H53N5O6Si2/c1-43(2,3)56(31-19-11-7-12-20-31,32-21-13-8-14-22-32)53-29-35-37(55-57(44(4,5)6,33-23-15-9-16-24-33)34-25-17-10-18-26-34)38(52-28-27-50)41(54-35)49-30-46-36-39(49)47-42(45)48-40(36)51/h7-26,30,35,37-38,41,50H,27-29H2,1-6H3,(H3,45,47,48,51)/t35-,37?,38?,41-/m1/s1. The van der Waals surface area contributed by atoms with E-state index >= 15 is 0 Å². The number of imidazole rings is 1. The van der Waals surface area contributed by atoms with Crippen LogP contribution < -0.4 is 32.0 Å². The number of nitrogens with zero attached hydrogens (tertiary/aromatic N) is 3. The third-order valence-corrected chi connectivity index (χ3v) is 21.1. The molecular weight excluding hydrogens is 751 g/mol. The summed E-state index contributed by atoms with van der Waals surface area (Å²) in [5.74, 6) is -0.0493. The Morgan fingerprint density at radius 2 is 1.23 bits per heavy atom. The molecule has 2 aromatic heterocycles. The summed E-state index contributed by atoms with van der Waals surface area (Å²) in [6.07, 6.45) is -1.59. The Hall–Kier alpha value is -4.74. The summed E-state index contributed by atoms with van der Waals surface area (Å²) < 4.78 is 30.9. The van der Waals surface area contributed by atoms with E-state index in [1.165, 1.54) is 6.33 Å². The van der Waals surface area contributed by atoms with Gasteiger partial charge in [0.1, 0.15) is 18.3 Å². The van der Waals surface area contributed by atoms with Crippen molar-refractivity contribution in [2.24, 2.45) is 0 Å². The molecule has 0 radical (unpaired) electrons. The van der Waals surface area contributed by atoms with Crippen molar-refractivity contribution < 1.29 is 23.4 Å². The van der Waals surface area contributed by atoms with Crippen molar-refractivity contribution in [3.05, 3.63) is 138 Å². The van der Waals surface area contributed by atoms with Gasteiger partial charge >= 0.3 is 0 Å². The van der Waals surface area contributed by atoms with Crippen molar-refractivity contribution in [3.8, 4) is 0 Å². The average Bonchev–Trinajstić information content (AvgIpc) is 3.77. The van der Waals surface area contributed by atoms with Crippen LogP contribution in [0.2, 0.25) is 10.1 Å². The molecule has 0 bridgehead atoms. The van der Waals surface area contributed by atoms with Crippen LogP contribution in [-0.2, 0) is 18.3 Å². The minimum atomic E-state index is -3.24. The van der Waals surface area contributed by atoms with Crippen molar-refractivity contribution in [1.29, 1.82) is 0 Å². The van der Waals surface area contributed by atoms with Gasteiger partial charge in [-0.2, -0.15) is 4.98 Å². The number of benzene rings is 4. The van der Waals surface area contributed by atoms with Gasteiger partial charge in [-0.3, -0.25) is 14.3 Å². The maximum atomic E-state index is 13.0. The number of ether oxygens (including phenoxy) is 2. The van der Waals surface area contributed by atoms with Crippen LogP contribution in [0.15, 0.2) is 132 Å². The smallest absolute Gasteiger partial charge is 0.280 e. The normalized spacial score (nSPS) is 19.3. The summed E-state index contributed by atoms with van der Waals surface area (Å²) in [6, 6.07) is 41.8. The molecule has 1 aliphatic heterocycles. The molecule has 1 aliphatic rings. The zero-order valence-corrected chi connectivity index (χ0v) is 35.5. The topological polar surface area (TPSA) is 147 Å². The molecule has 0 amide bonds. The summed E-state index contributed by atoms with van der Waals surface area (Å²) in [7, 11) is -6.31. The SMILES string of the molecule is CC(C)(C)[Si](OC[C@H]1O[C@@H](n2cnc3c(=O)[nH]c(N)nc32)C(OCCO)C1O[Si](c1ccccc1)(c1ccccc1)C(C)(C)C)(c1ccccc1)c1ccccc1. The average molecular weight is 804 g/mol. The lowest BCUT2D eigenvalue weighted by Crippen LogP contribution is -2.70. The molecule has 0 aliphatic carbocycles. The maximum absolute atomic E-state index is 13.0. The third kappa shape index (κ3) is 7.45. The van der Waals surface area contributed by atoms with Crippen LogP contribution in [-0.4, -0.2) is 79.4 Å². The zero-order chi connectivity index (χ0) is 40.4. The minimum absolute atomic E-state index is 0.0101. The molecule has 11 nitrogen and oxygen atoms in total. The maximum Gasteiger partial charge on any atom is 0.280 e. The molecular formula is C44H53N5O6Si2. The van der Waals surface area contributed by atoms with Crippen molar-refractivity contribution in [2.45, 2.75) is 76.2 Å². The lowest BCUT2D eigenvalue weighted by Gasteiger charge is -2.46. The Labute approximate surface area is 336 Å². The molecule has 4 atom stereocenters. The summed E-state index contributed by atoms with van der Waals surface area (Å²) >= 11 is 0. The van der Waals surface area contributed by atoms with Crippen LogP contribution in [0.3, 0.4) is 0 Å². The fourth-order valence-electron chi connectivity index (χ4n) is 8.57. The number of hydrogen-bond donors (Lipinski definition) is 3. The van der Waals surface area contributed by atoms with Crippen LogP contribution in [0.1, 0.15) is 47.8 Å². The number of rotatable bonds is 13. The summed E-state index contributed by atoms with van der Waals surface area (Å²) in [6.45, 7) is 13.3. The Bertz CT molecular complexity index is 2220. The number of H-pyrrole nitrogens is 1. The van der Waals surface area contributed by atoms with Crippen molar-refractivity contribution >= 4 is 54.5 Å². The van der Waals surface area contributed by atoms with Crippen LogP contribution >= 0.6 is 0 Å². The number of hydrogen-bond acceptors (Lipinski definition) is 9. The molecule has 4 aromatic carbocycles. The van der Waals surface area contributed by atoms with E-state index in [2.05, 4.69) is 154 Å². The van der Waals surface area contributed by atoms with Gasteiger partial charge in [0.25, 0.3) is 22.2 Å². The highest BCUT2D eigenvalue weighted by Crippen LogP contribution is 2.44. The van der Waals surface area contributed by atoms with Crippen molar-refractivity contribution in [2.75, 3.05) is 25.6 Å². The van der Waals surface area contributed by atoms with Gasteiger partial charge in [0.2, 0.25) is 5.95 Å². The van der Waals surface area contributed by atoms with E-state index in [1.807, 2.05) is 24.3 Å². The van der Waals surface area contributed by atoms with E-state index in [4.69, 9.17) is 24.1 Å². The molecule has 1 saturated heterocycles. The Morgan fingerprint density at radius 3 is 1.68 bits per heavy atom. The van der Waals surface area contributed by atoms with Gasteiger partial charge in [0, 0.05) is 0 Å². The van der Waals surface area contributed by atoms with Gasteiger partial charge in [-0.25, -0.2) is 4.98 Å². The van der Waals surface area contributed by atoms with E-state index in [0.717, 1.165) is 20.7 Å². The van der Waals surface area contributed by atoms with Gasteiger partial charge < -0.3 is 29.2 Å². The molecule has 7 rings (SSSR count). The predicted octanol–water partition coefficient (Wildman–Crippen LogP) is 4.50. The first kappa shape index (κ1) is 40.5. The highest BCUT2D eigenvalue weighted by Gasteiger charge is 2.58. The third-order valence-electron chi connectivity index (χ3n) is 11.0. The fourth-order valence-corrected chi connectivity index (χ4v) is 17.8. The molecule has 298 valence electrons. The monoisotopic (exact) mass is 803 g/mol. The van der Waals surface area contributed by atoms with Gasteiger partial charge in [-0.05, 0) is 30.8 Å². The quantitative estimate of drug-likeness (QED) is 0.144. The summed E-state index contributed by atoms with van der Waals surface area (Å²) in [5.41, 5.74) is 5.98. The summed E-state index contributed by atoms with van der Waals surface area (Å²) in [5, 5.41) is 14.0. The van der Waals surface area contributed by atoms with Gasteiger partial charge in [0.05, 0.1) is 26.1 Å². The number of aromatic nitrogens is 4. The molecule has 6 aromatic rings. The Kier molecular flexibility index (Phi) is 11.5. The second-order valence-electron chi connectivity index (χ2n) is 16.6. The van der Waals surface area contributed by atoms with E-state index in [1.54, 1.807) is 4.57 Å². The molecule has 13 heteroatoms. The van der Waals surface area contributed by atoms with Gasteiger partial charge in [-0.1, -0.05) is 163 Å². The molecule has 3 heterocycles. The largest absolute Gasteiger partial charge is 0.405 e. The van der Waals surface area contributed by atoms with E-state index in [-0.39, 0.29) is 47.0 Å². The van der Waals surface area contributed by atoms with Crippen LogP contribution in [0.25, 0.3) is 11.2 Å². The first-order valence-electron chi connectivity index (χ1n) is 19.5. The molecule has 2 unspecified atom stereocenters. The number of fused-ring (bicyclic) bond motifs is 1. The van der Waals surface area contributed by atoms with Gasteiger partial charge in [-0.15, -0.1) is 0 Å². The van der Waals surface area contributed by atoms with Crippen LogP contribution in [0, 0.1) is 0 Å². The van der Waals surface area contributed by atoms with E-state index in [9.17, 15) is 9.90 Å². The highest BCUT2D eigenvalue weighted by atomic mass is 28.4. The van der Waals surface area contributed by atoms with Gasteiger partial charge in [0.15, 0.2) is 17.4 Å². The molecule has 0 saturated carbocycles. The highest BCUT2D eigenvalue weighted by molar-refractivity contribution is 7.00. The minimum Gasteiger partial charge on any atom is -0.405 e. The number of aliphatic hydroxyl groups is 1. The number of aliphatic hydroxyl groups excluding tert-OH is 1. The molecule has 57 heavy (non-hydrogen) atoms. The molecule has 4 N–H and O–H groups in total. The van der Waals surface area contributed by atoms with Crippen LogP contribution in [0.4, 0.5) is 5.95 Å². The zero-order valence-electron chi connectivity index (χ0n) is 33.5. The van der Waals surface area contributed by atoms with Crippen molar-refractivity contribution in [3.63, 3.8) is 0 Å². The Balaban J connectivity index is 1.43. The molecule has 1 fully saturated rings. The van der Waals surface area contributed by atoms with Crippen LogP contribution in [0.5, 0.6) is 0 Å². The lowest BCUT2D eigenvalue weighted by atomic mass is 10.1. The number of nitrogen functional groups attached to an aromatic ring is 1. The second-order valence-corrected chi connectivity index (χ2v) is 25.2. The second kappa shape index (κ2) is 16.3. The first-order valence-corrected chi connectivity index (χ1v) is 23.3. The molecule has 0 spiro atoms. The number of anilines is 1. The number of nitrogens with two attached hydrogens (primary N) is 1. The van der Waals surface area contributed by atoms with E-state index in [0.29, 0.717) is 0 Å². The van der Waals surface area contributed by atoms with Crippen molar-refractivity contribution in [1.82, 2.24) is 19.5 Å². The predicted molar refractivity (Wildman–Crippen MR) is 229 cm³/mol. The fraction of sp³-hybridized carbons (Fsp3) is 0.341. The number of nitrogens with one attached hydrogen (secondary N) is 1. The summed E-state index contributed by atoms with van der Waals surface area (Å²) in [4.78, 5) is 24.5. The van der Waals surface area contributed by atoms with E-state index < -0.39 is 46.7 Å². The first-order chi connectivity index (χ1) is 27.3. The Morgan fingerprint density at radius 1 is 0.754 bits per heavy atom.